The minimum absolute atomic E-state index is 0.480. The number of H-pyrrole nitrogens is 1. The van der Waals surface area contributed by atoms with Crippen LogP contribution in [0.2, 0.25) is 10.0 Å². The highest BCUT2D eigenvalue weighted by Crippen LogP contribution is 2.28. The Kier molecular flexibility index (Phi) is 2.34. The van der Waals surface area contributed by atoms with E-state index in [9.17, 15) is 0 Å². The molecule has 0 aliphatic carbocycles. The third-order valence-electron chi connectivity index (χ3n) is 2.39. The van der Waals surface area contributed by atoms with Crippen LogP contribution in [0.25, 0.3) is 22.6 Å². The molecule has 3 rings (SSSR count). The first-order chi connectivity index (χ1) is 8.13. The molecule has 0 saturated heterocycles. The number of halogens is 2. The van der Waals surface area contributed by atoms with Crippen LogP contribution in [-0.2, 0) is 0 Å². The molecule has 1 aromatic carbocycles. The van der Waals surface area contributed by atoms with Crippen molar-refractivity contribution in [1.82, 2.24) is 15.1 Å². The van der Waals surface area contributed by atoms with Crippen LogP contribution in [0.3, 0.4) is 0 Å². The molecule has 4 nitrogen and oxygen atoms in total. The molecule has 0 atom stereocenters. The van der Waals surface area contributed by atoms with Crippen molar-refractivity contribution in [2.75, 3.05) is 0 Å². The summed E-state index contributed by atoms with van der Waals surface area (Å²) < 4.78 is 5.00. The van der Waals surface area contributed by atoms with Gasteiger partial charge in [-0.25, -0.2) is 4.98 Å². The summed E-state index contributed by atoms with van der Waals surface area (Å²) >= 11 is 11.9. The molecule has 3 aromatic rings. The predicted molar refractivity (Wildman–Crippen MR) is 66.3 cm³/mol. The zero-order valence-corrected chi connectivity index (χ0v) is 10.3. The van der Waals surface area contributed by atoms with E-state index in [2.05, 4.69) is 15.1 Å². The number of aromatic nitrogens is 3. The number of nitrogens with one attached hydrogen (secondary N) is 1. The van der Waals surface area contributed by atoms with Gasteiger partial charge in [0.2, 0.25) is 0 Å². The van der Waals surface area contributed by atoms with Crippen molar-refractivity contribution < 1.29 is 4.52 Å². The van der Waals surface area contributed by atoms with Gasteiger partial charge in [-0.2, -0.15) is 0 Å². The van der Waals surface area contributed by atoms with Gasteiger partial charge in [-0.3, -0.25) is 0 Å². The lowest BCUT2D eigenvalue weighted by Gasteiger charge is -1.93. The monoisotopic (exact) mass is 267 g/mol. The molecule has 0 spiro atoms. The van der Waals surface area contributed by atoms with Crippen molar-refractivity contribution in [3.05, 3.63) is 34.0 Å². The maximum atomic E-state index is 5.93. The summed E-state index contributed by atoms with van der Waals surface area (Å²) in [4.78, 5) is 7.49. The fraction of sp³-hybridized carbons (Fsp3) is 0.0909. The Bertz CT molecular complexity index is 663. The Morgan fingerprint density at radius 3 is 2.65 bits per heavy atom. The lowest BCUT2D eigenvalue weighted by Crippen LogP contribution is -1.77. The average molecular weight is 268 g/mol. The normalized spacial score (nSPS) is 11.2. The zero-order chi connectivity index (χ0) is 12.0. The van der Waals surface area contributed by atoms with Crippen molar-refractivity contribution in [3.63, 3.8) is 0 Å². The molecular formula is C11H7Cl2N3O. The first kappa shape index (κ1) is 10.6. The number of aryl methyl sites for hydroxylation is 1. The SMILES string of the molecule is Cc1cc(-c2nc3cc(Cl)c(Cl)cc3[nH]2)no1. The van der Waals surface area contributed by atoms with Gasteiger partial charge in [0, 0.05) is 6.07 Å². The van der Waals surface area contributed by atoms with E-state index >= 15 is 0 Å². The second-order valence-electron chi connectivity index (χ2n) is 3.69. The van der Waals surface area contributed by atoms with E-state index in [1.165, 1.54) is 0 Å². The number of imidazole rings is 1. The number of benzene rings is 1. The number of nitrogens with zero attached hydrogens (tertiary/aromatic N) is 2. The third-order valence-corrected chi connectivity index (χ3v) is 3.12. The molecule has 86 valence electrons. The summed E-state index contributed by atoms with van der Waals surface area (Å²) in [6.07, 6.45) is 0. The number of fused-ring (bicyclic) bond motifs is 1. The number of aromatic amines is 1. The smallest absolute Gasteiger partial charge is 0.160 e. The van der Waals surface area contributed by atoms with Crippen LogP contribution in [-0.4, -0.2) is 15.1 Å². The summed E-state index contributed by atoms with van der Waals surface area (Å²) in [5.41, 5.74) is 2.22. The fourth-order valence-corrected chi connectivity index (χ4v) is 1.93. The van der Waals surface area contributed by atoms with Crippen molar-refractivity contribution in [2.24, 2.45) is 0 Å². The molecule has 0 bridgehead atoms. The number of rotatable bonds is 1. The maximum absolute atomic E-state index is 5.93. The van der Waals surface area contributed by atoms with E-state index in [4.69, 9.17) is 27.7 Å². The summed E-state index contributed by atoms with van der Waals surface area (Å²) in [5.74, 6) is 1.37. The van der Waals surface area contributed by atoms with E-state index in [0.29, 0.717) is 21.6 Å². The lowest BCUT2D eigenvalue weighted by atomic mass is 10.3. The van der Waals surface area contributed by atoms with Gasteiger partial charge in [-0.1, -0.05) is 28.4 Å². The number of hydrogen-bond donors (Lipinski definition) is 1. The van der Waals surface area contributed by atoms with Gasteiger partial charge in [-0.05, 0) is 19.1 Å². The molecule has 2 heterocycles. The van der Waals surface area contributed by atoms with Gasteiger partial charge in [0.25, 0.3) is 0 Å². The highest BCUT2D eigenvalue weighted by atomic mass is 35.5. The van der Waals surface area contributed by atoms with Crippen molar-refractivity contribution >= 4 is 34.2 Å². The van der Waals surface area contributed by atoms with Crippen molar-refractivity contribution in [3.8, 4) is 11.5 Å². The fourth-order valence-electron chi connectivity index (χ4n) is 1.60. The van der Waals surface area contributed by atoms with Crippen LogP contribution in [0.5, 0.6) is 0 Å². The first-order valence-electron chi connectivity index (χ1n) is 4.92. The van der Waals surface area contributed by atoms with E-state index in [1.54, 1.807) is 18.2 Å². The molecule has 0 unspecified atom stereocenters. The van der Waals surface area contributed by atoms with Gasteiger partial charge in [0.05, 0.1) is 21.1 Å². The maximum Gasteiger partial charge on any atom is 0.160 e. The highest BCUT2D eigenvalue weighted by Gasteiger charge is 2.11. The van der Waals surface area contributed by atoms with Crippen LogP contribution in [0.15, 0.2) is 22.7 Å². The van der Waals surface area contributed by atoms with Gasteiger partial charge >= 0.3 is 0 Å². The van der Waals surface area contributed by atoms with Crippen LogP contribution in [0, 0.1) is 6.92 Å². The average Bonchev–Trinajstić information content (AvgIpc) is 2.85. The third kappa shape index (κ3) is 1.79. The molecule has 1 N–H and O–H groups in total. The van der Waals surface area contributed by atoms with Gasteiger partial charge < -0.3 is 9.51 Å². The van der Waals surface area contributed by atoms with Gasteiger partial charge in [0.15, 0.2) is 5.82 Å². The molecule has 0 aliphatic heterocycles. The lowest BCUT2D eigenvalue weighted by molar-refractivity contribution is 0.399. The Hall–Kier alpha value is -1.52. The largest absolute Gasteiger partial charge is 0.361 e. The summed E-state index contributed by atoms with van der Waals surface area (Å²) in [5, 5.41) is 4.86. The summed E-state index contributed by atoms with van der Waals surface area (Å²) in [7, 11) is 0. The van der Waals surface area contributed by atoms with E-state index in [1.807, 2.05) is 6.92 Å². The Labute approximate surface area is 107 Å². The standard InChI is InChI=1S/C11H7Cl2N3O/c1-5-2-10(16-17-5)11-14-8-3-6(12)7(13)4-9(8)15-11/h2-4H,1H3,(H,14,15). The van der Waals surface area contributed by atoms with E-state index in [-0.39, 0.29) is 0 Å². The molecule has 0 aliphatic rings. The second kappa shape index (κ2) is 3.75. The summed E-state index contributed by atoms with van der Waals surface area (Å²) in [6, 6.07) is 5.26. The van der Waals surface area contributed by atoms with E-state index < -0.39 is 0 Å². The molecule has 0 radical (unpaired) electrons. The molecule has 17 heavy (non-hydrogen) atoms. The second-order valence-corrected chi connectivity index (χ2v) is 4.51. The minimum atomic E-state index is 0.480. The Morgan fingerprint density at radius 2 is 1.94 bits per heavy atom. The quantitative estimate of drug-likeness (QED) is 0.729. The molecule has 0 saturated carbocycles. The molecule has 0 fully saturated rings. The van der Waals surface area contributed by atoms with Crippen LogP contribution in [0.1, 0.15) is 5.76 Å². The highest BCUT2D eigenvalue weighted by molar-refractivity contribution is 6.42. The van der Waals surface area contributed by atoms with Crippen LogP contribution >= 0.6 is 23.2 Å². The topological polar surface area (TPSA) is 54.7 Å². The minimum Gasteiger partial charge on any atom is -0.361 e. The van der Waals surface area contributed by atoms with Gasteiger partial charge in [0.1, 0.15) is 11.5 Å². The molecule has 2 aromatic heterocycles. The van der Waals surface area contributed by atoms with Crippen LogP contribution < -0.4 is 0 Å². The van der Waals surface area contributed by atoms with Crippen molar-refractivity contribution in [2.45, 2.75) is 6.92 Å². The first-order valence-corrected chi connectivity index (χ1v) is 5.67. The van der Waals surface area contributed by atoms with Crippen LogP contribution in [0.4, 0.5) is 0 Å². The molecule has 6 heteroatoms. The van der Waals surface area contributed by atoms with Gasteiger partial charge in [-0.15, -0.1) is 0 Å². The Morgan fingerprint density at radius 1 is 1.18 bits per heavy atom. The van der Waals surface area contributed by atoms with Crippen molar-refractivity contribution in [1.29, 1.82) is 0 Å². The van der Waals surface area contributed by atoms with E-state index in [0.717, 1.165) is 16.8 Å². The zero-order valence-electron chi connectivity index (χ0n) is 8.79. The molecule has 0 amide bonds. The summed E-state index contributed by atoms with van der Waals surface area (Å²) in [6.45, 7) is 1.83. The predicted octanol–water partition coefficient (Wildman–Crippen LogP) is 3.83. The molecular weight excluding hydrogens is 261 g/mol. The Balaban J connectivity index is 2.19. The number of hydrogen-bond acceptors (Lipinski definition) is 3.